The zero-order valence-corrected chi connectivity index (χ0v) is 18.1. The van der Waals surface area contributed by atoms with Gasteiger partial charge in [0.2, 0.25) is 5.91 Å². The van der Waals surface area contributed by atoms with Crippen LogP contribution in [0.15, 0.2) is 36.4 Å². The van der Waals surface area contributed by atoms with Gasteiger partial charge in [0.15, 0.2) is 0 Å². The van der Waals surface area contributed by atoms with E-state index in [-0.39, 0.29) is 12.1 Å². The minimum absolute atomic E-state index is 0. The minimum Gasteiger partial charge on any atom is -0.496 e. The first-order chi connectivity index (χ1) is 14.0. The van der Waals surface area contributed by atoms with Gasteiger partial charge in [-0.05, 0) is 43.3 Å². The number of rotatable bonds is 4. The highest BCUT2D eigenvalue weighted by molar-refractivity contribution is 5.80. The molecular weight excluding hydrogens is 378 g/mol. The topological polar surface area (TPSA) is 97.0 Å². The molecule has 30 heavy (non-hydrogen) atoms. The van der Waals surface area contributed by atoms with E-state index in [1.165, 1.54) is 16.8 Å². The third-order valence-electron chi connectivity index (χ3n) is 6.10. The van der Waals surface area contributed by atoms with E-state index < -0.39 is 0 Å². The van der Waals surface area contributed by atoms with Crippen LogP contribution in [0.4, 0.5) is 11.4 Å². The van der Waals surface area contributed by atoms with Crippen LogP contribution in [-0.2, 0) is 24.2 Å². The third kappa shape index (κ3) is 4.52. The average Bonchev–Trinajstić information content (AvgIpc) is 2.75. The van der Waals surface area contributed by atoms with E-state index in [1.807, 2.05) is 29.2 Å². The quantitative estimate of drug-likeness (QED) is 0.750. The molecule has 0 aromatic heterocycles. The summed E-state index contributed by atoms with van der Waals surface area (Å²) in [6.45, 7) is 5.50. The minimum atomic E-state index is 0. The Morgan fingerprint density at radius 2 is 1.70 bits per heavy atom. The molecule has 1 amide bonds. The van der Waals surface area contributed by atoms with Gasteiger partial charge in [-0.25, -0.2) is 0 Å². The second-order valence-electron chi connectivity index (χ2n) is 8.02. The number of piperazine rings is 1. The molecular formula is C23H33N5O2. The van der Waals surface area contributed by atoms with Crippen molar-refractivity contribution in [2.75, 3.05) is 57.5 Å². The second-order valence-corrected chi connectivity index (χ2v) is 8.02. The van der Waals surface area contributed by atoms with Crippen LogP contribution in [-0.4, -0.2) is 62.6 Å². The lowest BCUT2D eigenvalue weighted by atomic mass is 9.95. The lowest BCUT2D eigenvalue weighted by Gasteiger charge is -2.38. The van der Waals surface area contributed by atoms with Gasteiger partial charge in [-0.3, -0.25) is 4.79 Å². The Morgan fingerprint density at radius 1 is 1.00 bits per heavy atom. The summed E-state index contributed by atoms with van der Waals surface area (Å²) in [5.41, 5.74) is 11.2. The Balaban J connectivity index is 0.00000256. The number of ether oxygens (including phenoxy) is 1. The van der Waals surface area contributed by atoms with E-state index in [4.69, 9.17) is 10.5 Å². The van der Waals surface area contributed by atoms with Crippen molar-refractivity contribution in [3.8, 4) is 5.75 Å². The summed E-state index contributed by atoms with van der Waals surface area (Å²) in [6, 6.07) is 11.8. The van der Waals surface area contributed by atoms with Gasteiger partial charge in [-0.15, -0.1) is 0 Å². The highest BCUT2D eigenvalue weighted by Crippen LogP contribution is 2.36. The van der Waals surface area contributed by atoms with E-state index in [9.17, 15) is 4.79 Å². The number of anilines is 2. The Kier molecular flexibility index (Phi) is 6.84. The van der Waals surface area contributed by atoms with Gasteiger partial charge in [-0.2, -0.15) is 0 Å². The highest BCUT2D eigenvalue weighted by Gasteiger charge is 2.28. The van der Waals surface area contributed by atoms with Crippen LogP contribution in [0.1, 0.15) is 16.7 Å². The molecule has 4 rings (SSSR count). The van der Waals surface area contributed by atoms with Gasteiger partial charge in [0.25, 0.3) is 0 Å². The van der Waals surface area contributed by atoms with E-state index in [0.29, 0.717) is 13.0 Å². The molecule has 2 aromatic carbocycles. The number of nitrogens with two attached hydrogens (primary N) is 1. The van der Waals surface area contributed by atoms with Crippen LogP contribution in [0.2, 0.25) is 0 Å². The largest absolute Gasteiger partial charge is 0.496 e. The lowest BCUT2D eigenvalue weighted by molar-refractivity contribution is -0.131. The fourth-order valence-electron chi connectivity index (χ4n) is 4.30. The number of likely N-dealkylation sites (N-methyl/N-ethyl adjacent to an activating group) is 1. The van der Waals surface area contributed by atoms with Crippen molar-refractivity contribution in [2.24, 2.45) is 0 Å². The van der Waals surface area contributed by atoms with Crippen molar-refractivity contribution < 1.29 is 9.53 Å². The van der Waals surface area contributed by atoms with Crippen LogP contribution < -0.4 is 21.5 Å². The molecule has 0 unspecified atom stereocenters. The van der Waals surface area contributed by atoms with Crippen LogP contribution in [0.25, 0.3) is 0 Å². The molecule has 1 saturated heterocycles. The molecule has 2 aromatic rings. The summed E-state index contributed by atoms with van der Waals surface area (Å²) in [6.07, 6.45) is 1.23. The number of amides is 1. The number of carbonyl (C=O) groups excluding carboxylic acids is 1. The summed E-state index contributed by atoms with van der Waals surface area (Å²) in [4.78, 5) is 19.8. The molecule has 2 aliphatic heterocycles. The molecule has 0 bridgehead atoms. The number of hydrogen-bond acceptors (Lipinski definition) is 6. The molecule has 0 saturated carbocycles. The van der Waals surface area contributed by atoms with Gasteiger partial charge in [0, 0.05) is 61.8 Å². The van der Waals surface area contributed by atoms with Crippen molar-refractivity contribution in [1.29, 1.82) is 0 Å². The number of methoxy groups -OCH3 is 1. The lowest BCUT2D eigenvalue weighted by Crippen LogP contribution is -2.45. The summed E-state index contributed by atoms with van der Waals surface area (Å²) in [5.74, 6) is 1.09. The van der Waals surface area contributed by atoms with Crippen molar-refractivity contribution in [2.45, 2.75) is 19.4 Å². The molecule has 7 heteroatoms. The number of nitrogens with zero attached hydrogens (tertiary/aromatic N) is 3. The second kappa shape index (κ2) is 9.36. The Morgan fingerprint density at radius 3 is 2.37 bits per heavy atom. The number of fused-ring (bicyclic) bond motifs is 1. The predicted octanol–water partition coefficient (Wildman–Crippen LogP) is 2.32. The molecule has 2 heterocycles. The smallest absolute Gasteiger partial charge is 0.227 e. The maximum absolute atomic E-state index is 13.0. The summed E-state index contributed by atoms with van der Waals surface area (Å²) < 4.78 is 5.63. The predicted molar refractivity (Wildman–Crippen MR) is 121 cm³/mol. The van der Waals surface area contributed by atoms with Crippen molar-refractivity contribution in [1.82, 2.24) is 16.0 Å². The zero-order chi connectivity index (χ0) is 20.4. The Labute approximate surface area is 179 Å². The van der Waals surface area contributed by atoms with Crippen molar-refractivity contribution >= 4 is 17.3 Å². The van der Waals surface area contributed by atoms with Gasteiger partial charge in [0.1, 0.15) is 5.75 Å². The average molecular weight is 412 g/mol. The van der Waals surface area contributed by atoms with Crippen molar-refractivity contribution in [3.63, 3.8) is 0 Å². The highest BCUT2D eigenvalue weighted by atomic mass is 16.5. The zero-order valence-electron chi connectivity index (χ0n) is 18.1. The standard InChI is InChI=1S/C23H30N4O2.H3N/c1-25-11-13-26(14-12-25)21-7-8-22(29-2)19-9-10-27(16-20(19)21)23(28)15-17-3-5-18(24)6-4-17;/h3-8H,9-16,24H2,1-2H3;1H3. The molecule has 0 radical (unpaired) electrons. The SMILES string of the molecule is COc1ccc(N2CCN(C)CC2)c2c1CCN(C(=O)Cc1ccc(N)cc1)C2.N. The van der Waals surface area contributed by atoms with E-state index in [0.717, 1.165) is 56.1 Å². The van der Waals surface area contributed by atoms with E-state index >= 15 is 0 Å². The van der Waals surface area contributed by atoms with Gasteiger partial charge >= 0.3 is 0 Å². The normalized spacial score (nSPS) is 16.6. The first-order valence-electron chi connectivity index (χ1n) is 10.3. The van der Waals surface area contributed by atoms with E-state index in [2.05, 4.69) is 29.0 Å². The first kappa shape index (κ1) is 21.9. The molecule has 5 N–H and O–H groups in total. The molecule has 0 aliphatic carbocycles. The Bertz CT molecular complexity index is 876. The molecule has 0 atom stereocenters. The molecule has 162 valence electrons. The summed E-state index contributed by atoms with van der Waals surface area (Å²) in [7, 11) is 3.89. The third-order valence-corrected chi connectivity index (χ3v) is 6.10. The van der Waals surface area contributed by atoms with E-state index in [1.54, 1.807) is 7.11 Å². The fourth-order valence-corrected chi connectivity index (χ4v) is 4.30. The molecule has 1 fully saturated rings. The molecule has 7 nitrogen and oxygen atoms in total. The monoisotopic (exact) mass is 411 g/mol. The number of benzene rings is 2. The van der Waals surface area contributed by atoms with Crippen LogP contribution >= 0.6 is 0 Å². The maximum atomic E-state index is 13.0. The summed E-state index contributed by atoms with van der Waals surface area (Å²) in [5, 5.41) is 0. The number of carbonyl (C=O) groups is 1. The number of hydrogen-bond donors (Lipinski definition) is 2. The van der Waals surface area contributed by atoms with Gasteiger partial charge in [0.05, 0.1) is 13.5 Å². The first-order valence-corrected chi connectivity index (χ1v) is 10.3. The fraction of sp³-hybridized carbons (Fsp3) is 0.435. The molecule has 0 spiro atoms. The van der Waals surface area contributed by atoms with Crippen LogP contribution in [0.3, 0.4) is 0 Å². The molecule has 2 aliphatic rings. The van der Waals surface area contributed by atoms with Gasteiger partial charge < -0.3 is 31.3 Å². The van der Waals surface area contributed by atoms with Crippen molar-refractivity contribution in [3.05, 3.63) is 53.1 Å². The summed E-state index contributed by atoms with van der Waals surface area (Å²) >= 11 is 0. The maximum Gasteiger partial charge on any atom is 0.227 e. The van der Waals surface area contributed by atoms with Crippen LogP contribution in [0, 0.1) is 0 Å². The number of nitrogen functional groups attached to an aromatic ring is 1. The van der Waals surface area contributed by atoms with Gasteiger partial charge in [-0.1, -0.05) is 12.1 Å². The van der Waals surface area contributed by atoms with Crippen LogP contribution in [0.5, 0.6) is 5.75 Å². The Hall–Kier alpha value is -2.77.